The average molecular weight is 335 g/mol. The molecule has 130 valence electrons. The van der Waals surface area contributed by atoms with Crippen LogP contribution in [0.5, 0.6) is 5.75 Å². The number of esters is 1. The van der Waals surface area contributed by atoms with Crippen molar-refractivity contribution in [3.63, 3.8) is 0 Å². The Hall–Kier alpha value is -2.13. The number of hydrogen-bond donors (Lipinski definition) is 0. The Morgan fingerprint density at radius 3 is 2.46 bits per heavy atom. The topological polar surface area (TPSA) is 68.5 Å². The lowest BCUT2D eigenvalue weighted by molar-refractivity contribution is -0.161. The summed E-state index contributed by atoms with van der Waals surface area (Å²) >= 11 is 0. The van der Waals surface area contributed by atoms with Gasteiger partial charge < -0.3 is 14.2 Å². The van der Waals surface area contributed by atoms with Crippen molar-refractivity contribution in [1.29, 1.82) is 5.26 Å². The van der Waals surface area contributed by atoms with Gasteiger partial charge in [0.1, 0.15) is 11.4 Å². The Kier molecular flexibility index (Phi) is 4.86. The molecule has 2 rings (SSSR count). The number of nitriles is 1. The fraction of sp³-hybridized carbons (Fsp3) is 0.556. The Bertz CT molecular complexity index is 646. The van der Waals surface area contributed by atoms with Crippen molar-refractivity contribution in [2.75, 3.05) is 13.7 Å². The molecule has 0 N–H and O–H groups in total. The molecule has 5 nitrogen and oxygen atoms in total. The molecule has 0 unspecified atom stereocenters. The standard InChI is InChI=1S/C18H22FNO4/c1-16(2,3)24-15(21)17(11-20)10-18(17,19)12-23-9-13-5-7-14(22-4)8-6-13/h5-8H,9-10,12H2,1-4H3/t17-,18+/m0/s1. The number of halogens is 1. The molecule has 1 aliphatic carbocycles. The third-order valence-corrected chi connectivity index (χ3v) is 3.88. The van der Waals surface area contributed by atoms with Crippen LogP contribution >= 0.6 is 0 Å². The largest absolute Gasteiger partial charge is 0.497 e. The lowest BCUT2D eigenvalue weighted by Gasteiger charge is -2.22. The summed E-state index contributed by atoms with van der Waals surface area (Å²) in [5, 5.41) is 9.27. The molecule has 0 bridgehead atoms. The van der Waals surface area contributed by atoms with Crippen molar-refractivity contribution in [1.82, 2.24) is 0 Å². The lowest BCUT2D eigenvalue weighted by Crippen LogP contribution is -2.34. The van der Waals surface area contributed by atoms with Crippen LogP contribution < -0.4 is 4.74 Å². The minimum Gasteiger partial charge on any atom is -0.497 e. The van der Waals surface area contributed by atoms with E-state index in [0.29, 0.717) is 0 Å². The molecule has 24 heavy (non-hydrogen) atoms. The number of ether oxygens (including phenoxy) is 3. The predicted molar refractivity (Wildman–Crippen MR) is 85.0 cm³/mol. The first-order valence-electron chi connectivity index (χ1n) is 7.70. The van der Waals surface area contributed by atoms with Gasteiger partial charge in [0.2, 0.25) is 0 Å². The van der Waals surface area contributed by atoms with Gasteiger partial charge in [0.05, 0.1) is 26.4 Å². The predicted octanol–water partition coefficient (Wildman–Crippen LogP) is 3.18. The van der Waals surface area contributed by atoms with E-state index in [1.807, 2.05) is 12.1 Å². The third-order valence-electron chi connectivity index (χ3n) is 3.88. The van der Waals surface area contributed by atoms with E-state index in [1.54, 1.807) is 46.1 Å². The van der Waals surface area contributed by atoms with Crippen LogP contribution in [0, 0.1) is 16.7 Å². The van der Waals surface area contributed by atoms with Crippen LogP contribution in [0.3, 0.4) is 0 Å². The van der Waals surface area contributed by atoms with Crippen molar-refractivity contribution < 1.29 is 23.4 Å². The van der Waals surface area contributed by atoms with Gasteiger partial charge in [-0.2, -0.15) is 5.26 Å². The summed E-state index contributed by atoms with van der Waals surface area (Å²) in [4.78, 5) is 12.1. The van der Waals surface area contributed by atoms with Gasteiger partial charge in [0, 0.05) is 6.42 Å². The summed E-state index contributed by atoms with van der Waals surface area (Å²) in [5.74, 6) is -0.107. The van der Waals surface area contributed by atoms with Gasteiger partial charge in [0.15, 0.2) is 11.1 Å². The Morgan fingerprint density at radius 1 is 1.33 bits per heavy atom. The number of benzene rings is 1. The minimum atomic E-state index is -2.00. The number of nitrogens with zero attached hydrogens (tertiary/aromatic N) is 1. The monoisotopic (exact) mass is 335 g/mol. The molecule has 2 atom stereocenters. The number of rotatable bonds is 6. The molecule has 0 spiro atoms. The number of hydrogen-bond acceptors (Lipinski definition) is 5. The quantitative estimate of drug-likeness (QED) is 0.747. The first-order chi connectivity index (χ1) is 11.2. The average Bonchev–Trinajstić information content (AvgIpc) is 3.13. The van der Waals surface area contributed by atoms with E-state index in [-0.39, 0.29) is 19.6 Å². The molecule has 1 aromatic rings. The number of methoxy groups -OCH3 is 1. The van der Waals surface area contributed by atoms with Crippen LogP contribution in [0.15, 0.2) is 24.3 Å². The number of carbonyl (C=O) groups excluding carboxylic acids is 1. The molecule has 1 fully saturated rings. The van der Waals surface area contributed by atoms with Crippen LogP contribution in [-0.4, -0.2) is 31.0 Å². The summed E-state index contributed by atoms with van der Waals surface area (Å²) in [7, 11) is 1.57. The fourth-order valence-corrected chi connectivity index (χ4v) is 2.41. The Labute approximate surface area is 141 Å². The molecule has 1 saturated carbocycles. The Balaban J connectivity index is 1.92. The number of carbonyl (C=O) groups is 1. The summed E-state index contributed by atoms with van der Waals surface area (Å²) in [6.45, 7) is 4.90. The summed E-state index contributed by atoms with van der Waals surface area (Å²) in [5.41, 5.74) is -3.69. The molecule has 1 aliphatic rings. The molecule has 0 saturated heterocycles. The second-order valence-corrected chi connectivity index (χ2v) is 7.00. The molecule has 0 aliphatic heterocycles. The highest BCUT2D eigenvalue weighted by molar-refractivity contribution is 5.86. The first kappa shape index (κ1) is 18.2. The maximum Gasteiger partial charge on any atom is 0.330 e. The zero-order valence-corrected chi connectivity index (χ0v) is 14.4. The molecular weight excluding hydrogens is 313 g/mol. The highest BCUT2D eigenvalue weighted by atomic mass is 19.1. The second kappa shape index (κ2) is 6.40. The van der Waals surface area contributed by atoms with Crippen LogP contribution in [0.1, 0.15) is 32.8 Å². The highest BCUT2D eigenvalue weighted by Gasteiger charge is 2.76. The third kappa shape index (κ3) is 3.68. The SMILES string of the molecule is COc1ccc(COC[C@]2(F)C[C@]2(C#N)C(=O)OC(C)(C)C)cc1. The lowest BCUT2D eigenvalue weighted by atomic mass is 10.0. The maximum atomic E-state index is 14.8. The van der Waals surface area contributed by atoms with Crippen LogP contribution in [-0.2, 0) is 20.9 Å². The molecule has 1 aromatic carbocycles. The van der Waals surface area contributed by atoms with E-state index in [2.05, 4.69) is 0 Å². The van der Waals surface area contributed by atoms with Crippen molar-refractivity contribution in [2.45, 2.75) is 45.1 Å². The molecule has 6 heteroatoms. The van der Waals surface area contributed by atoms with Crippen LogP contribution in [0.2, 0.25) is 0 Å². The summed E-state index contributed by atoms with van der Waals surface area (Å²) in [6, 6.07) is 8.96. The van der Waals surface area contributed by atoms with E-state index in [0.717, 1.165) is 11.3 Å². The van der Waals surface area contributed by atoms with Gasteiger partial charge in [0.25, 0.3) is 0 Å². The van der Waals surface area contributed by atoms with E-state index < -0.39 is 22.7 Å². The van der Waals surface area contributed by atoms with Crippen LogP contribution in [0.4, 0.5) is 4.39 Å². The van der Waals surface area contributed by atoms with Gasteiger partial charge in [-0.25, -0.2) is 4.39 Å². The zero-order chi connectivity index (χ0) is 18.0. The van der Waals surface area contributed by atoms with E-state index >= 15 is 0 Å². The van der Waals surface area contributed by atoms with Gasteiger partial charge in [-0.1, -0.05) is 12.1 Å². The van der Waals surface area contributed by atoms with Gasteiger partial charge in [-0.3, -0.25) is 4.79 Å². The van der Waals surface area contributed by atoms with E-state index in [1.165, 1.54) is 0 Å². The molecule has 0 amide bonds. The summed E-state index contributed by atoms with van der Waals surface area (Å²) in [6.07, 6.45) is -0.200. The smallest absolute Gasteiger partial charge is 0.330 e. The minimum absolute atomic E-state index is 0.186. The van der Waals surface area contributed by atoms with Gasteiger partial charge in [-0.15, -0.1) is 0 Å². The maximum absolute atomic E-state index is 14.8. The van der Waals surface area contributed by atoms with Gasteiger partial charge in [-0.05, 0) is 38.5 Å². The number of alkyl halides is 1. The summed E-state index contributed by atoms with van der Waals surface area (Å²) < 4.78 is 30.4. The van der Waals surface area contributed by atoms with Crippen molar-refractivity contribution in [2.24, 2.45) is 5.41 Å². The van der Waals surface area contributed by atoms with Crippen molar-refractivity contribution in [3.05, 3.63) is 29.8 Å². The van der Waals surface area contributed by atoms with Crippen LogP contribution in [0.25, 0.3) is 0 Å². The van der Waals surface area contributed by atoms with Gasteiger partial charge >= 0.3 is 5.97 Å². The van der Waals surface area contributed by atoms with Crippen molar-refractivity contribution >= 4 is 5.97 Å². The normalized spacial score (nSPS) is 25.7. The molecule has 0 heterocycles. The van der Waals surface area contributed by atoms with E-state index in [9.17, 15) is 14.4 Å². The molecule has 0 radical (unpaired) electrons. The highest BCUT2D eigenvalue weighted by Crippen LogP contribution is 2.60. The molecular formula is C18H22FNO4. The first-order valence-corrected chi connectivity index (χ1v) is 7.70. The second-order valence-electron chi connectivity index (χ2n) is 7.00. The van der Waals surface area contributed by atoms with Crippen molar-refractivity contribution in [3.8, 4) is 11.8 Å². The van der Waals surface area contributed by atoms with E-state index in [4.69, 9.17) is 14.2 Å². The Morgan fingerprint density at radius 2 is 1.96 bits per heavy atom. The molecule has 0 aromatic heterocycles. The fourth-order valence-electron chi connectivity index (χ4n) is 2.41. The zero-order valence-electron chi connectivity index (χ0n) is 14.4.